The molecule has 2 N–H and O–H groups in total. The van der Waals surface area contributed by atoms with Gasteiger partial charge in [-0.05, 0) is 45.9 Å². The average Bonchev–Trinajstić information content (AvgIpc) is 2.67. The number of benzene rings is 1. The Balaban J connectivity index is 2.15. The van der Waals surface area contributed by atoms with Crippen LogP contribution in [0.4, 0.5) is 0 Å². The normalized spacial score (nSPS) is 14.1. The van der Waals surface area contributed by atoms with Crippen LogP contribution in [0, 0.1) is 6.92 Å². The molecule has 0 spiro atoms. The van der Waals surface area contributed by atoms with Crippen molar-refractivity contribution in [2.45, 2.75) is 39.3 Å². The van der Waals surface area contributed by atoms with Gasteiger partial charge in [-0.3, -0.25) is 0 Å². The van der Waals surface area contributed by atoms with Crippen molar-refractivity contribution in [2.24, 2.45) is 5.73 Å². The third kappa shape index (κ3) is 3.12. The molecule has 0 fully saturated rings. The third-order valence-corrected chi connectivity index (χ3v) is 2.75. The molecule has 1 aromatic heterocycles. The van der Waals surface area contributed by atoms with E-state index in [9.17, 15) is 0 Å². The van der Waals surface area contributed by atoms with Gasteiger partial charge in [-0.15, -0.1) is 0 Å². The summed E-state index contributed by atoms with van der Waals surface area (Å²) >= 11 is 0. The summed E-state index contributed by atoms with van der Waals surface area (Å²) in [6.07, 6.45) is 0. The topological polar surface area (TPSA) is 48.4 Å². The lowest BCUT2D eigenvalue weighted by molar-refractivity contribution is -0.0122. The molecule has 18 heavy (non-hydrogen) atoms. The molecule has 98 valence electrons. The highest BCUT2D eigenvalue weighted by Gasteiger charge is 2.17. The molecule has 1 unspecified atom stereocenters. The molecule has 0 saturated carbocycles. The Morgan fingerprint density at radius 2 is 2.00 bits per heavy atom. The summed E-state index contributed by atoms with van der Waals surface area (Å²) in [4.78, 5) is 0. The molecular weight excluding hydrogens is 226 g/mol. The number of fused-ring (bicyclic) bond motifs is 1. The van der Waals surface area contributed by atoms with Gasteiger partial charge in [-0.1, -0.05) is 11.6 Å². The summed E-state index contributed by atoms with van der Waals surface area (Å²) < 4.78 is 11.4. The second kappa shape index (κ2) is 4.75. The Morgan fingerprint density at radius 1 is 1.28 bits per heavy atom. The summed E-state index contributed by atoms with van der Waals surface area (Å²) in [5, 5.41) is 1.09. The standard InChI is InChI=1S/C15H21NO2/c1-10-5-6-13-11(7-10)8-14(18-13)12(16)9-17-15(2,3)4/h5-8,12H,9,16H2,1-4H3. The van der Waals surface area contributed by atoms with Gasteiger partial charge in [0.05, 0.1) is 18.2 Å². The average molecular weight is 247 g/mol. The first-order valence-corrected chi connectivity index (χ1v) is 6.25. The molecule has 0 saturated heterocycles. The van der Waals surface area contributed by atoms with Crippen LogP contribution in [0.2, 0.25) is 0 Å². The van der Waals surface area contributed by atoms with E-state index in [1.165, 1.54) is 5.56 Å². The fourth-order valence-electron chi connectivity index (χ4n) is 1.79. The molecule has 0 aliphatic heterocycles. The first-order chi connectivity index (χ1) is 8.35. The maximum Gasteiger partial charge on any atom is 0.134 e. The Bertz CT molecular complexity index is 537. The Morgan fingerprint density at radius 3 is 2.67 bits per heavy atom. The van der Waals surface area contributed by atoms with Gasteiger partial charge >= 0.3 is 0 Å². The number of furan rings is 1. The van der Waals surface area contributed by atoms with Crippen LogP contribution in [-0.2, 0) is 4.74 Å². The van der Waals surface area contributed by atoms with Crippen LogP contribution >= 0.6 is 0 Å². The number of aryl methyl sites for hydroxylation is 1. The first-order valence-electron chi connectivity index (χ1n) is 6.25. The van der Waals surface area contributed by atoms with Crippen LogP contribution in [0.3, 0.4) is 0 Å². The predicted octanol–water partition coefficient (Wildman–Crippen LogP) is 3.56. The predicted molar refractivity (Wildman–Crippen MR) is 73.6 cm³/mol. The second-order valence-electron chi connectivity index (χ2n) is 5.72. The summed E-state index contributed by atoms with van der Waals surface area (Å²) in [5.74, 6) is 0.778. The Labute approximate surface area is 108 Å². The van der Waals surface area contributed by atoms with Crippen LogP contribution in [0.1, 0.15) is 38.1 Å². The van der Waals surface area contributed by atoms with Crippen LogP contribution in [-0.4, -0.2) is 12.2 Å². The van der Waals surface area contributed by atoms with E-state index >= 15 is 0 Å². The zero-order valence-corrected chi connectivity index (χ0v) is 11.5. The highest BCUT2D eigenvalue weighted by atomic mass is 16.5. The number of hydrogen-bond donors (Lipinski definition) is 1. The lowest BCUT2D eigenvalue weighted by Crippen LogP contribution is -2.26. The van der Waals surface area contributed by atoms with Crippen molar-refractivity contribution in [2.75, 3.05) is 6.61 Å². The summed E-state index contributed by atoms with van der Waals surface area (Å²) in [5.41, 5.74) is 8.00. The molecular formula is C15H21NO2. The van der Waals surface area contributed by atoms with Crippen molar-refractivity contribution in [1.82, 2.24) is 0 Å². The minimum Gasteiger partial charge on any atom is -0.459 e. The zero-order valence-electron chi connectivity index (χ0n) is 11.5. The molecule has 0 amide bonds. The molecule has 0 radical (unpaired) electrons. The Kier molecular flexibility index (Phi) is 3.46. The molecule has 1 aromatic carbocycles. The smallest absolute Gasteiger partial charge is 0.134 e. The van der Waals surface area contributed by atoms with Crippen molar-refractivity contribution in [3.05, 3.63) is 35.6 Å². The van der Waals surface area contributed by atoms with Crippen molar-refractivity contribution in [1.29, 1.82) is 0 Å². The SMILES string of the molecule is Cc1ccc2oc(C(N)COC(C)(C)C)cc2c1. The quantitative estimate of drug-likeness (QED) is 0.902. The molecule has 3 heteroatoms. The summed E-state index contributed by atoms with van der Waals surface area (Å²) in [6.45, 7) is 8.57. The molecule has 0 bridgehead atoms. The summed E-state index contributed by atoms with van der Waals surface area (Å²) in [7, 11) is 0. The van der Waals surface area contributed by atoms with Crippen molar-refractivity contribution in [3.63, 3.8) is 0 Å². The minimum absolute atomic E-state index is 0.180. The van der Waals surface area contributed by atoms with Crippen LogP contribution in [0.15, 0.2) is 28.7 Å². The van der Waals surface area contributed by atoms with E-state index in [0.717, 1.165) is 16.7 Å². The van der Waals surface area contributed by atoms with Gasteiger partial charge in [0.2, 0.25) is 0 Å². The molecule has 0 aliphatic carbocycles. The number of rotatable bonds is 3. The van der Waals surface area contributed by atoms with Gasteiger partial charge < -0.3 is 14.9 Å². The molecule has 1 heterocycles. The number of hydrogen-bond acceptors (Lipinski definition) is 3. The van der Waals surface area contributed by atoms with Crippen molar-refractivity contribution < 1.29 is 9.15 Å². The third-order valence-electron chi connectivity index (χ3n) is 2.75. The van der Waals surface area contributed by atoms with Gasteiger partial charge in [0.1, 0.15) is 11.3 Å². The maximum atomic E-state index is 6.09. The first kappa shape index (κ1) is 13.1. The monoisotopic (exact) mass is 247 g/mol. The zero-order chi connectivity index (χ0) is 13.3. The van der Waals surface area contributed by atoms with Crippen LogP contribution in [0.5, 0.6) is 0 Å². The highest BCUT2D eigenvalue weighted by Crippen LogP contribution is 2.24. The van der Waals surface area contributed by atoms with Gasteiger partial charge in [0.15, 0.2) is 0 Å². The minimum atomic E-state index is -0.225. The highest BCUT2D eigenvalue weighted by molar-refractivity contribution is 5.78. The van der Waals surface area contributed by atoms with E-state index in [1.807, 2.05) is 39.0 Å². The van der Waals surface area contributed by atoms with E-state index in [1.54, 1.807) is 0 Å². The van der Waals surface area contributed by atoms with Gasteiger partial charge in [0, 0.05) is 5.39 Å². The van der Waals surface area contributed by atoms with Gasteiger partial charge in [-0.2, -0.15) is 0 Å². The lowest BCUT2D eigenvalue weighted by atomic mass is 10.1. The van der Waals surface area contributed by atoms with Gasteiger partial charge in [-0.25, -0.2) is 0 Å². The van der Waals surface area contributed by atoms with Crippen LogP contribution < -0.4 is 5.73 Å². The van der Waals surface area contributed by atoms with E-state index in [0.29, 0.717) is 6.61 Å². The van der Waals surface area contributed by atoms with Crippen molar-refractivity contribution >= 4 is 11.0 Å². The second-order valence-corrected chi connectivity index (χ2v) is 5.72. The van der Waals surface area contributed by atoms with E-state index in [4.69, 9.17) is 14.9 Å². The lowest BCUT2D eigenvalue weighted by Gasteiger charge is -2.21. The molecule has 2 rings (SSSR count). The molecule has 1 atom stereocenters. The fourth-order valence-corrected chi connectivity index (χ4v) is 1.79. The van der Waals surface area contributed by atoms with E-state index in [2.05, 4.69) is 13.0 Å². The van der Waals surface area contributed by atoms with Crippen LogP contribution in [0.25, 0.3) is 11.0 Å². The molecule has 0 aliphatic rings. The number of nitrogens with two attached hydrogens (primary N) is 1. The number of ether oxygens (including phenoxy) is 1. The fraction of sp³-hybridized carbons (Fsp3) is 0.467. The van der Waals surface area contributed by atoms with E-state index in [-0.39, 0.29) is 11.6 Å². The van der Waals surface area contributed by atoms with Gasteiger partial charge in [0.25, 0.3) is 0 Å². The van der Waals surface area contributed by atoms with E-state index < -0.39 is 0 Å². The molecule has 2 aromatic rings. The van der Waals surface area contributed by atoms with Crippen molar-refractivity contribution in [3.8, 4) is 0 Å². The molecule has 3 nitrogen and oxygen atoms in total. The largest absolute Gasteiger partial charge is 0.459 e. The Hall–Kier alpha value is -1.32. The maximum absolute atomic E-state index is 6.09. The summed E-state index contributed by atoms with van der Waals surface area (Å²) in [6, 6.07) is 7.88.